The number of benzene rings is 3. The number of fused-ring (bicyclic) bond motifs is 1. The van der Waals surface area contributed by atoms with Crippen molar-refractivity contribution in [3.05, 3.63) is 70.7 Å². The predicted molar refractivity (Wildman–Crippen MR) is 82.5 cm³/mol. The number of aldehydes is 1. The first kappa shape index (κ1) is 12.1. The zero-order valence-electron chi connectivity index (χ0n) is 10.1. The van der Waals surface area contributed by atoms with E-state index in [1.165, 1.54) is 0 Å². The molecular weight excluding hydrogens is 300 g/mol. The average Bonchev–Trinajstić information content (AvgIpc) is 2.47. The van der Waals surface area contributed by atoms with E-state index >= 15 is 0 Å². The Morgan fingerprint density at radius 2 is 1.47 bits per heavy atom. The van der Waals surface area contributed by atoms with Crippen LogP contribution in [0.2, 0.25) is 0 Å². The summed E-state index contributed by atoms with van der Waals surface area (Å²) in [6.45, 7) is 0. The number of carbonyl (C=O) groups excluding carboxylic acids is 1. The van der Waals surface area contributed by atoms with Gasteiger partial charge < -0.3 is 0 Å². The Balaban J connectivity index is 2.30. The molecular formula is C17H11BrO. The first-order chi connectivity index (χ1) is 9.29. The minimum atomic E-state index is 0.733. The maximum atomic E-state index is 11.1. The smallest absolute Gasteiger partial charge is 0.150 e. The van der Waals surface area contributed by atoms with E-state index in [-0.39, 0.29) is 0 Å². The lowest BCUT2D eigenvalue weighted by molar-refractivity contribution is 0.112. The molecule has 0 radical (unpaired) electrons. The fourth-order valence-electron chi connectivity index (χ4n) is 2.32. The molecule has 0 aliphatic heterocycles. The highest BCUT2D eigenvalue weighted by atomic mass is 79.9. The molecule has 0 spiro atoms. The Morgan fingerprint density at radius 3 is 2.21 bits per heavy atom. The number of hydrogen-bond acceptors (Lipinski definition) is 1. The highest BCUT2D eigenvalue weighted by Crippen LogP contribution is 2.30. The molecule has 3 aromatic rings. The summed E-state index contributed by atoms with van der Waals surface area (Å²) in [4.78, 5) is 11.1. The quantitative estimate of drug-likeness (QED) is 0.603. The molecule has 0 saturated carbocycles. The second-order valence-corrected chi connectivity index (χ2v) is 5.29. The van der Waals surface area contributed by atoms with Crippen molar-refractivity contribution >= 4 is 33.0 Å². The van der Waals surface area contributed by atoms with Crippen LogP contribution in [0.15, 0.2) is 65.1 Å². The van der Waals surface area contributed by atoms with Crippen molar-refractivity contribution in [2.45, 2.75) is 0 Å². The minimum absolute atomic E-state index is 0.733. The van der Waals surface area contributed by atoms with Gasteiger partial charge in [-0.3, -0.25) is 4.79 Å². The van der Waals surface area contributed by atoms with Gasteiger partial charge in [-0.25, -0.2) is 0 Å². The van der Waals surface area contributed by atoms with E-state index in [9.17, 15) is 4.79 Å². The molecule has 1 nitrogen and oxygen atoms in total. The van der Waals surface area contributed by atoms with Crippen LogP contribution in [0.3, 0.4) is 0 Å². The van der Waals surface area contributed by atoms with E-state index in [1.807, 2.05) is 36.4 Å². The molecule has 92 valence electrons. The van der Waals surface area contributed by atoms with Gasteiger partial charge in [0, 0.05) is 10.0 Å². The molecule has 0 aliphatic rings. The summed E-state index contributed by atoms with van der Waals surface area (Å²) >= 11 is 3.44. The zero-order chi connectivity index (χ0) is 13.2. The second kappa shape index (κ2) is 4.98. The van der Waals surface area contributed by atoms with Crippen LogP contribution < -0.4 is 0 Å². The average molecular weight is 311 g/mol. The lowest BCUT2D eigenvalue weighted by Gasteiger charge is -2.08. The summed E-state index contributed by atoms with van der Waals surface area (Å²) in [5, 5.41) is 2.10. The fraction of sp³-hybridized carbons (Fsp3) is 0. The molecule has 0 atom stereocenters. The molecule has 2 heteroatoms. The number of rotatable bonds is 2. The third kappa shape index (κ3) is 2.20. The normalized spacial score (nSPS) is 10.6. The van der Waals surface area contributed by atoms with Gasteiger partial charge in [-0.2, -0.15) is 0 Å². The molecule has 19 heavy (non-hydrogen) atoms. The van der Waals surface area contributed by atoms with Gasteiger partial charge in [0.15, 0.2) is 6.29 Å². The number of hydrogen-bond donors (Lipinski definition) is 0. The van der Waals surface area contributed by atoms with Gasteiger partial charge in [0.05, 0.1) is 0 Å². The first-order valence-electron chi connectivity index (χ1n) is 6.02. The third-order valence-corrected chi connectivity index (χ3v) is 3.77. The first-order valence-corrected chi connectivity index (χ1v) is 6.82. The van der Waals surface area contributed by atoms with Crippen molar-refractivity contribution in [1.82, 2.24) is 0 Å². The maximum Gasteiger partial charge on any atom is 0.150 e. The molecule has 0 unspecified atom stereocenters. The predicted octanol–water partition coefficient (Wildman–Crippen LogP) is 5.08. The van der Waals surface area contributed by atoms with E-state index in [2.05, 4.69) is 40.2 Å². The molecule has 0 bridgehead atoms. The van der Waals surface area contributed by atoms with Crippen molar-refractivity contribution in [2.75, 3.05) is 0 Å². The molecule has 0 aliphatic carbocycles. The van der Waals surface area contributed by atoms with E-state index < -0.39 is 0 Å². The zero-order valence-corrected chi connectivity index (χ0v) is 11.7. The van der Waals surface area contributed by atoms with E-state index in [0.29, 0.717) is 0 Å². The van der Waals surface area contributed by atoms with Crippen molar-refractivity contribution in [1.29, 1.82) is 0 Å². The Labute approximate surface area is 120 Å². The largest absolute Gasteiger partial charge is 0.298 e. The summed E-state index contributed by atoms with van der Waals surface area (Å²) in [7, 11) is 0. The summed E-state index contributed by atoms with van der Waals surface area (Å²) in [6.07, 6.45) is 0.910. The van der Waals surface area contributed by atoms with Crippen LogP contribution in [-0.2, 0) is 0 Å². The van der Waals surface area contributed by atoms with Crippen molar-refractivity contribution in [3.8, 4) is 11.1 Å². The molecule has 0 amide bonds. The Bertz CT molecular complexity index is 745. The summed E-state index contributed by atoms with van der Waals surface area (Å²) in [5.74, 6) is 0. The highest BCUT2D eigenvalue weighted by molar-refractivity contribution is 9.10. The van der Waals surface area contributed by atoms with Gasteiger partial charge >= 0.3 is 0 Å². The number of carbonyl (C=O) groups is 1. The van der Waals surface area contributed by atoms with Gasteiger partial charge in [-0.1, -0.05) is 64.5 Å². The SMILES string of the molecule is O=Cc1cccc2c(-c3ccc(Br)cc3)cccc12. The Hall–Kier alpha value is -1.93. The molecule has 0 N–H and O–H groups in total. The Morgan fingerprint density at radius 1 is 0.789 bits per heavy atom. The third-order valence-electron chi connectivity index (χ3n) is 3.24. The van der Waals surface area contributed by atoms with Crippen LogP contribution >= 0.6 is 15.9 Å². The summed E-state index contributed by atoms with van der Waals surface area (Å²) < 4.78 is 1.06. The second-order valence-electron chi connectivity index (χ2n) is 4.37. The van der Waals surface area contributed by atoms with E-state index in [0.717, 1.165) is 38.2 Å². The van der Waals surface area contributed by atoms with Gasteiger partial charge in [-0.05, 0) is 34.0 Å². The van der Waals surface area contributed by atoms with Crippen LogP contribution in [0.5, 0.6) is 0 Å². The molecule has 3 aromatic carbocycles. The molecule has 0 fully saturated rings. The van der Waals surface area contributed by atoms with Gasteiger partial charge in [0.25, 0.3) is 0 Å². The maximum absolute atomic E-state index is 11.1. The lowest BCUT2D eigenvalue weighted by Crippen LogP contribution is -1.86. The van der Waals surface area contributed by atoms with Crippen LogP contribution in [0.1, 0.15) is 10.4 Å². The summed E-state index contributed by atoms with van der Waals surface area (Å²) in [5.41, 5.74) is 3.03. The number of halogens is 1. The molecule has 0 saturated heterocycles. The summed E-state index contributed by atoms with van der Waals surface area (Å²) in [6, 6.07) is 20.1. The minimum Gasteiger partial charge on any atom is -0.298 e. The Kier molecular flexibility index (Phi) is 3.18. The molecule has 3 rings (SSSR count). The van der Waals surface area contributed by atoms with Crippen molar-refractivity contribution < 1.29 is 4.79 Å². The highest BCUT2D eigenvalue weighted by Gasteiger charge is 2.06. The van der Waals surface area contributed by atoms with E-state index in [4.69, 9.17) is 0 Å². The molecule has 0 heterocycles. The fourth-order valence-corrected chi connectivity index (χ4v) is 2.58. The van der Waals surface area contributed by atoms with Crippen LogP contribution in [0.25, 0.3) is 21.9 Å². The van der Waals surface area contributed by atoms with Crippen LogP contribution in [0.4, 0.5) is 0 Å². The lowest BCUT2D eigenvalue weighted by atomic mass is 9.96. The van der Waals surface area contributed by atoms with E-state index in [1.54, 1.807) is 0 Å². The standard InChI is InChI=1S/C17H11BrO/c18-14-9-7-12(8-10-14)15-4-2-5-16-13(11-19)3-1-6-17(15)16/h1-11H. The van der Waals surface area contributed by atoms with Crippen LogP contribution in [-0.4, -0.2) is 6.29 Å². The topological polar surface area (TPSA) is 17.1 Å². The van der Waals surface area contributed by atoms with Crippen LogP contribution in [0, 0.1) is 0 Å². The van der Waals surface area contributed by atoms with Crippen molar-refractivity contribution in [3.63, 3.8) is 0 Å². The van der Waals surface area contributed by atoms with Gasteiger partial charge in [0.1, 0.15) is 0 Å². The van der Waals surface area contributed by atoms with Gasteiger partial charge in [-0.15, -0.1) is 0 Å². The van der Waals surface area contributed by atoms with Gasteiger partial charge in [0.2, 0.25) is 0 Å². The molecule has 0 aromatic heterocycles. The monoisotopic (exact) mass is 310 g/mol. The van der Waals surface area contributed by atoms with Crippen molar-refractivity contribution in [2.24, 2.45) is 0 Å².